The molecule has 21 heavy (non-hydrogen) atoms. The van der Waals surface area contributed by atoms with Crippen LogP contribution in [-0.2, 0) is 19.6 Å². The largest absolute Gasteiger partial charge is 0.480 e. The van der Waals surface area contributed by atoms with Crippen LogP contribution in [0, 0.1) is 0 Å². The minimum atomic E-state index is -3.23. The molecule has 0 saturated carbocycles. The minimum Gasteiger partial charge on any atom is -0.480 e. The molecule has 9 heteroatoms. The summed E-state index contributed by atoms with van der Waals surface area (Å²) in [5.41, 5.74) is -1.13. The third kappa shape index (κ3) is 4.39. The van der Waals surface area contributed by atoms with Crippen molar-refractivity contribution in [3.05, 3.63) is 0 Å². The molecule has 0 aromatic heterocycles. The van der Waals surface area contributed by atoms with Gasteiger partial charge in [-0.1, -0.05) is 0 Å². The van der Waals surface area contributed by atoms with Crippen LogP contribution in [0.1, 0.15) is 13.8 Å². The molecule has 0 aromatic carbocycles. The zero-order chi connectivity index (χ0) is 16.4. The number of aliphatic carboxylic acids is 1. The number of likely N-dealkylation sites (N-methyl/N-ethyl adjacent to an activating group) is 1. The molecule has 1 heterocycles. The summed E-state index contributed by atoms with van der Waals surface area (Å²) in [6.45, 7) is 4.25. The summed E-state index contributed by atoms with van der Waals surface area (Å²) in [7, 11) is -1.64. The Labute approximate surface area is 125 Å². The summed E-state index contributed by atoms with van der Waals surface area (Å²) in [6, 6.07) is 0. The maximum absolute atomic E-state index is 12.2. The van der Waals surface area contributed by atoms with Crippen LogP contribution >= 0.6 is 0 Å². The summed E-state index contributed by atoms with van der Waals surface area (Å²) in [4.78, 5) is 26.3. The highest BCUT2D eigenvalue weighted by atomic mass is 32.2. The zero-order valence-electron chi connectivity index (χ0n) is 12.9. The number of carboxylic acid groups (broad SMARTS) is 1. The molecule has 1 fully saturated rings. The van der Waals surface area contributed by atoms with Crippen molar-refractivity contribution < 1.29 is 23.1 Å². The Morgan fingerprint density at radius 3 is 2.05 bits per heavy atom. The number of amides is 1. The highest BCUT2D eigenvalue weighted by Crippen LogP contribution is 2.13. The average molecular weight is 321 g/mol. The summed E-state index contributed by atoms with van der Waals surface area (Å²) in [5.74, 6) is -1.19. The van der Waals surface area contributed by atoms with Gasteiger partial charge in [0.05, 0.1) is 12.8 Å². The van der Waals surface area contributed by atoms with Gasteiger partial charge in [-0.3, -0.25) is 14.5 Å². The predicted molar refractivity (Wildman–Crippen MR) is 77.3 cm³/mol. The van der Waals surface area contributed by atoms with E-state index in [1.165, 1.54) is 23.1 Å². The molecule has 1 saturated heterocycles. The Bertz CT molecular complexity index is 509. The van der Waals surface area contributed by atoms with Gasteiger partial charge >= 0.3 is 5.97 Å². The summed E-state index contributed by atoms with van der Waals surface area (Å²) in [6.07, 6.45) is 1.15. The first kappa shape index (κ1) is 17.9. The predicted octanol–water partition coefficient (Wildman–Crippen LogP) is -1.11. The first-order valence-electron chi connectivity index (χ1n) is 6.64. The van der Waals surface area contributed by atoms with Gasteiger partial charge in [0.25, 0.3) is 0 Å². The number of carbonyl (C=O) groups is 2. The third-order valence-corrected chi connectivity index (χ3v) is 5.21. The summed E-state index contributed by atoms with van der Waals surface area (Å²) < 4.78 is 24.1. The van der Waals surface area contributed by atoms with E-state index in [9.17, 15) is 18.0 Å². The molecule has 1 rings (SSSR count). The maximum Gasteiger partial charge on any atom is 0.323 e. The number of hydrogen-bond acceptors (Lipinski definition) is 5. The van der Waals surface area contributed by atoms with E-state index in [0.29, 0.717) is 13.1 Å². The van der Waals surface area contributed by atoms with Gasteiger partial charge in [0, 0.05) is 26.2 Å². The SMILES string of the molecule is CN(CC(=O)N1CCN(S(C)(=O)=O)CC1)C(C)(C)C(=O)O. The quantitative estimate of drug-likeness (QED) is 0.689. The number of carboxylic acids is 1. The number of sulfonamides is 1. The van der Waals surface area contributed by atoms with E-state index in [1.54, 1.807) is 11.9 Å². The monoisotopic (exact) mass is 321 g/mol. The Hall–Kier alpha value is -1.19. The maximum atomic E-state index is 12.2. The normalized spacial score (nSPS) is 18.0. The molecular weight excluding hydrogens is 298 g/mol. The van der Waals surface area contributed by atoms with Crippen LogP contribution < -0.4 is 0 Å². The van der Waals surface area contributed by atoms with E-state index in [0.717, 1.165) is 6.26 Å². The second-order valence-corrected chi connectivity index (χ2v) is 7.75. The van der Waals surface area contributed by atoms with Crippen LogP contribution in [0.25, 0.3) is 0 Å². The molecule has 0 radical (unpaired) electrons. The van der Waals surface area contributed by atoms with Crippen LogP contribution in [0.2, 0.25) is 0 Å². The molecule has 8 nitrogen and oxygen atoms in total. The highest BCUT2D eigenvalue weighted by molar-refractivity contribution is 7.88. The van der Waals surface area contributed by atoms with Gasteiger partial charge in [-0.05, 0) is 20.9 Å². The Kier molecular flexibility index (Phi) is 5.35. The highest BCUT2D eigenvalue weighted by Gasteiger charge is 2.34. The van der Waals surface area contributed by atoms with Crippen molar-refractivity contribution >= 4 is 21.9 Å². The van der Waals surface area contributed by atoms with Gasteiger partial charge in [0.2, 0.25) is 15.9 Å². The zero-order valence-corrected chi connectivity index (χ0v) is 13.7. The lowest BCUT2D eigenvalue weighted by Crippen LogP contribution is -2.55. The molecule has 1 N–H and O–H groups in total. The van der Waals surface area contributed by atoms with E-state index < -0.39 is 21.5 Å². The number of piperazine rings is 1. The Morgan fingerprint density at radius 2 is 1.67 bits per heavy atom. The van der Waals surface area contributed by atoms with Gasteiger partial charge in [-0.2, -0.15) is 4.31 Å². The smallest absolute Gasteiger partial charge is 0.323 e. The lowest BCUT2D eigenvalue weighted by Gasteiger charge is -2.36. The van der Waals surface area contributed by atoms with Crippen LogP contribution in [0.15, 0.2) is 0 Å². The van der Waals surface area contributed by atoms with Crippen LogP contribution in [0.5, 0.6) is 0 Å². The van der Waals surface area contributed by atoms with E-state index in [2.05, 4.69) is 0 Å². The first-order chi connectivity index (χ1) is 9.46. The molecule has 1 amide bonds. The van der Waals surface area contributed by atoms with Gasteiger partial charge in [0.15, 0.2) is 0 Å². The van der Waals surface area contributed by atoms with Gasteiger partial charge in [-0.25, -0.2) is 8.42 Å². The van der Waals surface area contributed by atoms with Crippen molar-refractivity contribution in [3.8, 4) is 0 Å². The second-order valence-electron chi connectivity index (χ2n) is 5.76. The van der Waals surface area contributed by atoms with E-state index >= 15 is 0 Å². The van der Waals surface area contributed by atoms with Crippen LogP contribution in [0.3, 0.4) is 0 Å². The van der Waals surface area contributed by atoms with Crippen molar-refractivity contribution in [3.63, 3.8) is 0 Å². The average Bonchev–Trinajstić information content (AvgIpc) is 2.37. The molecule has 1 aliphatic heterocycles. The lowest BCUT2D eigenvalue weighted by atomic mass is 10.0. The van der Waals surface area contributed by atoms with Crippen molar-refractivity contribution in [1.82, 2.24) is 14.1 Å². The van der Waals surface area contributed by atoms with Crippen molar-refractivity contribution in [2.75, 3.05) is 46.0 Å². The van der Waals surface area contributed by atoms with Crippen LogP contribution in [0.4, 0.5) is 0 Å². The molecule has 0 aliphatic carbocycles. The Morgan fingerprint density at radius 1 is 1.19 bits per heavy atom. The van der Waals surface area contributed by atoms with Crippen molar-refractivity contribution in [2.24, 2.45) is 0 Å². The molecule has 0 spiro atoms. The van der Waals surface area contributed by atoms with Crippen molar-refractivity contribution in [1.29, 1.82) is 0 Å². The fraction of sp³-hybridized carbons (Fsp3) is 0.833. The van der Waals surface area contributed by atoms with Gasteiger partial charge in [0.1, 0.15) is 5.54 Å². The van der Waals surface area contributed by atoms with Gasteiger partial charge < -0.3 is 10.0 Å². The molecule has 122 valence electrons. The minimum absolute atomic E-state index is 0.0157. The second kappa shape index (κ2) is 6.29. The first-order valence-corrected chi connectivity index (χ1v) is 8.48. The molecular formula is C12H23N3O5S. The third-order valence-electron chi connectivity index (χ3n) is 3.91. The summed E-state index contributed by atoms with van der Waals surface area (Å²) >= 11 is 0. The molecule has 0 bridgehead atoms. The number of nitrogens with zero attached hydrogens (tertiary/aromatic N) is 3. The molecule has 0 aromatic rings. The molecule has 0 atom stereocenters. The fourth-order valence-electron chi connectivity index (χ4n) is 1.93. The topological polar surface area (TPSA) is 98.2 Å². The van der Waals surface area contributed by atoms with E-state index in [-0.39, 0.29) is 25.5 Å². The number of carbonyl (C=O) groups excluding carboxylic acids is 1. The standard InChI is InChI=1S/C12H23N3O5S/c1-12(2,11(17)18)13(3)9-10(16)14-5-7-15(8-6-14)21(4,19)20/h5-9H2,1-4H3,(H,17,18). The van der Waals surface area contributed by atoms with Gasteiger partial charge in [-0.15, -0.1) is 0 Å². The fourth-order valence-corrected chi connectivity index (χ4v) is 2.76. The molecule has 0 unspecified atom stereocenters. The summed E-state index contributed by atoms with van der Waals surface area (Å²) in [5, 5.41) is 9.12. The van der Waals surface area contributed by atoms with E-state index in [1.807, 2.05) is 0 Å². The Balaban J connectivity index is 2.58. The lowest BCUT2D eigenvalue weighted by molar-refractivity contribution is -0.150. The molecule has 1 aliphatic rings. The number of rotatable bonds is 5. The van der Waals surface area contributed by atoms with Crippen LogP contribution in [-0.4, -0.2) is 91.1 Å². The van der Waals surface area contributed by atoms with E-state index in [4.69, 9.17) is 5.11 Å². The number of hydrogen-bond donors (Lipinski definition) is 1. The van der Waals surface area contributed by atoms with Crippen molar-refractivity contribution in [2.45, 2.75) is 19.4 Å².